The molecule has 7 heteroatoms. The summed E-state index contributed by atoms with van der Waals surface area (Å²) in [6.45, 7) is 5.16. The lowest BCUT2D eigenvalue weighted by Gasteiger charge is -2.28. The zero-order valence-corrected chi connectivity index (χ0v) is 15.4. The van der Waals surface area contributed by atoms with Crippen molar-refractivity contribution in [2.45, 2.75) is 45.4 Å². The number of hydrogen-bond acceptors (Lipinski definition) is 7. The van der Waals surface area contributed by atoms with Gasteiger partial charge in [0.2, 0.25) is 0 Å². The van der Waals surface area contributed by atoms with E-state index in [4.69, 9.17) is 14.2 Å². The van der Waals surface area contributed by atoms with Crippen LogP contribution in [0.3, 0.4) is 0 Å². The molecule has 1 fully saturated rings. The summed E-state index contributed by atoms with van der Waals surface area (Å²) in [7, 11) is 0. The van der Waals surface area contributed by atoms with Crippen molar-refractivity contribution < 1.29 is 28.6 Å². The zero-order valence-electron chi connectivity index (χ0n) is 15.4. The first-order chi connectivity index (χ1) is 12.3. The van der Waals surface area contributed by atoms with Gasteiger partial charge in [-0.2, -0.15) is 0 Å². The average molecular weight is 363 g/mol. The van der Waals surface area contributed by atoms with Crippen LogP contribution in [-0.2, 0) is 35.1 Å². The van der Waals surface area contributed by atoms with Gasteiger partial charge in [0, 0.05) is 46.3 Å². The summed E-state index contributed by atoms with van der Waals surface area (Å²) in [6, 6.07) is 9.69. The Labute approximate surface area is 153 Å². The Morgan fingerprint density at radius 3 is 2.27 bits per heavy atom. The van der Waals surface area contributed by atoms with Crippen molar-refractivity contribution in [2.24, 2.45) is 0 Å². The molecule has 0 aromatic heterocycles. The van der Waals surface area contributed by atoms with E-state index < -0.39 is 17.5 Å². The zero-order chi connectivity index (χ0) is 19.2. The molecule has 2 atom stereocenters. The van der Waals surface area contributed by atoms with Gasteiger partial charge < -0.3 is 14.2 Å². The van der Waals surface area contributed by atoms with E-state index in [0.29, 0.717) is 19.5 Å². The molecule has 0 N–H and O–H groups in total. The van der Waals surface area contributed by atoms with Crippen LogP contribution in [0.4, 0.5) is 0 Å². The van der Waals surface area contributed by atoms with Crippen LogP contribution < -0.4 is 0 Å². The van der Waals surface area contributed by atoms with Gasteiger partial charge in [0.15, 0.2) is 5.60 Å². The lowest BCUT2D eigenvalue weighted by molar-refractivity contribution is -0.168. The van der Waals surface area contributed by atoms with Gasteiger partial charge in [-0.1, -0.05) is 30.3 Å². The highest BCUT2D eigenvalue weighted by molar-refractivity contribution is 5.67. The molecule has 0 aliphatic carbocycles. The summed E-state index contributed by atoms with van der Waals surface area (Å²) in [5.41, 5.74) is 0.142. The lowest BCUT2D eigenvalue weighted by atomic mass is 10.0. The smallest absolute Gasteiger partial charge is 0.303 e. The van der Waals surface area contributed by atoms with Crippen molar-refractivity contribution in [2.75, 3.05) is 19.8 Å². The molecule has 0 radical (unpaired) electrons. The predicted octanol–water partition coefficient (Wildman–Crippen LogP) is 1.69. The average Bonchev–Trinajstić information content (AvgIpc) is 2.89. The number of hydrogen-bond donors (Lipinski definition) is 0. The Balaban J connectivity index is 2.19. The van der Waals surface area contributed by atoms with Gasteiger partial charge in [-0.3, -0.25) is 19.3 Å². The second-order valence-electron chi connectivity index (χ2n) is 6.61. The number of carbonyl (C=O) groups excluding carboxylic acids is 3. The van der Waals surface area contributed by atoms with Crippen molar-refractivity contribution in [3.63, 3.8) is 0 Å². The Kier molecular flexibility index (Phi) is 6.74. The first kappa shape index (κ1) is 19.9. The van der Waals surface area contributed by atoms with Gasteiger partial charge in [0.1, 0.15) is 13.2 Å². The molecule has 0 bridgehead atoms. The molecule has 1 aromatic carbocycles. The maximum Gasteiger partial charge on any atom is 0.303 e. The van der Waals surface area contributed by atoms with Crippen LogP contribution >= 0.6 is 0 Å². The van der Waals surface area contributed by atoms with Gasteiger partial charge in [-0.05, 0) is 5.56 Å². The third kappa shape index (κ3) is 5.84. The number of nitrogens with zero attached hydrogens (tertiary/aromatic N) is 1. The fraction of sp³-hybridized carbons (Fsp3) is 0.526. The van der Waals surface area contributed by atoms with Crippen LogP contribution in [0.5, 0.6) is 0 Å². The summed E-state index contributed by atoms with van der Waals surface area (Å²) in [4.78, 5) is 36.2. The Bertz CT molecular complexity index is 647. The second-order valence-corrected chi connectivity index (χ2v) is 6.61. The fourth-order valence-electron chi connectivity index (χ4n) is 3.25. The van der Waals surface area contributed by atoms with Crippen molar-refractivity contribution >= 4 is 17.9 Å². The van der Waals surface area contributed by atoms with E-state index in [0.717, 1.165) is 5.56 Å². The van der Waals surface area contributed by atoms with E-state index in [9.17, 15) is 14.4 Å². The Morgan fingerprint density at radius 1 is 1.04 bits per heavy atom. The van der Waals surface area contributed by atoms with E-state index in [1.165, 1.54) is 20.8 Å². The first-order valence-corrected chi connectivity index (χ1v) is 8.54. The third-order valence-electron chi connectivity index (χ3n) is 4.22. The molecular weight excluding hydrogens is 338 g/mol. The number of esters is 3. The molecule has 1 heterocycles. The van der Waals surface area contributed by atoms with Gasteiger partial charge in [-0.15, -0.1) is 0 Å². The second kappa shape index (κ2) is 8.80. The number of carbonyl (C=O) groups is 3. The Hall–Kier alpha value is -2.41. The minimum Gasteiger partial charge on any atom is -0.464 e. The number of ether oxygens (including phenoxy) is 3. The molecule has 1 aromatic rings. The summed E-state index contributed by atoms with van der Waals surface area (Å²) >= 11 is 0. The minimum absolute atomic E-state index is 0.0240. The largest absolute Gasteiger partial charge is 0.464 e. The Morgan fingerprint density at radius 2 is 1.69 bits per heavy atom. The molecule has 142 valence electrons. The van der Waals surface area contributed by atoms with Crippen LogP contribution in [0.1, 0.15) is 32.8 Å². The highest BCUT2D eigenvalue weighted by Crippen LogP contribution is 2.33. The van der Waals surface area contributed by atoms with Crippen LogP contribution in [0.2, 0.25) is 0 Å². The van der Waals surface area contributed by atoms with E-state index in [1.807, 2.05) is 30.3 Å². The normalized spacial score (nSPS) is 22.7. The van der Waals surface area contributed by atoms with Crippen LogP contribution in [0.15, 0.2) is 30.3 Å². The topological polar surface area (TPSA) is 82.1 Å². The van der Waals surface area contributed by atoms with E-state index >= 15 is 0 Å². The molecule has 2 rings (SSSR count). The van der Waals surface area contributed by atoms with Crippen LogP contribution in [-0.4, -0.2) is 54.2 Å². The summed E-state index contributed by atoms with van der Waals surface area (Å²) in [5.74, 6) is -1.24. The van der Waals surface area contributed by atoms with Crippen molar-refractivity contribution in [3.8, 4) is 0 Å². The number of benzene rings is 1. The molecule has 0 spiro atoms. The monoisotopic (exact) mass is 363 g/mol. The van der Waals surface area contributed by atoms with E-state index in [-0.39, 0.29) is 25.2 Å². The fourth-order valence-corrected chi connectivity index (χ4v) is 3.25. The molecular formula is C19H25NO6. The molecule has 26 heavy (non-hydrogen) atoms. The minimum atomic E-state index is -0.947. The quantitative estimate of drug-likeness (QED) is 0.538. The standard InChI is InChI=1S/C19H25NO6/c1-14(21)24-11-18-9-19(26-16(3)23,13-25-15(2)22)12-20(18)10-17-7-5-4-6-8-17/h4-8,18H,9-13H2,1-3H3/t18-,19-/m0/s1. The summed E-state index contributed by atoms with van der Waals surface area (Å²) < 4.78 is 15.9. The van der Waals surface area contributed by atoms with Gasteiger partial charge in [0.05, 0.1) is 0 Å². The van der Waals surface area contributed by atoms with Crippen molar-refractivity contribution in [1.82, 2.24) is 4.90 Å². The predicted molar refractivity (Wildman–Crippen MR) is 93.0 cm³/mol. The molecule has 0 amide bonds. The third-order valence-corrected chi connectivity index (χ3v) is 4.22. The van der Waals surface area contributed by atoms with Gasteiger partial charge in [-0.25, -0.2) is 0 Å². The molecule has 1 saturated heterocycles. The van der Waals surface area contributed by atoms with Crippen LogP contribution in [0, 0.1) is 0 Å². The van der Waals surface area contributed by atoms with E-state index in [2.05, 4.69) is 4.90 Å². The molecule has 0 unspecified atom stereocenters. The summed E-state index contributed by atoms with van der Waals surface area (Å²) in [5, 5.41) is 0. The highest BCUT2D eigenvalue weighted by atomic mass is 16.6. The highest BCUT2D eigenvalue weighted by Gasteiger charge is 2.48. The van der Waals surface area contributed by atoms with Crippen molar-refractivity contribution in [3.05, 3.63) is 35.9 Å². The lowest BCUT2D eigenvalue weighted by Crippen LogP contribution is -2.42. The van der Waals surface area contributed by atoms with Gasteiger partial charge >= 0.3 is 17.9 Å². The molecule has 1 aliphatic rings. The molecule has 1 aliphatic heterocycles. The van der Waals surface area contributed by atoms with Crippen molar-refractivity contribution in [1.29, 1.82) is 0 Å². The number of rotatable bonds is 7. The number of likely N-dealkylation sites (tertiary alicyclic amines) is 1. The van der Waals surface area contributed by atoms with Crippen LogP contribution in [0.25, 0.3) is 0 Å². The first-order valence-electron chi connectivity index (χ1n) is 8.54. The van der Waals surface area contributed by atoms with E-state index in [1.54, 1.807) is 0 Å². The maximum atomic E-state index is 11.6. The maximum absolute atomic E-state index is 11.6. The SMILES string of the molecule is CC(=O)OC[C@@H]1C[C@](COC(C)=O)(OC(C)=O)CN1Cc1ccccc1. The molecule has 7 nitrogen and oxygen atoms in total. The van der Waals surface area contributed by atoms with Gasteiger partial charge in [0.25, 0.3) is 0 Å². The molecule has 0 saturated carbocycles. The summed E-state index contributed by atoms with van der Waals surface area (Å²) in [6.07, 6.45) is 0.417.